The van der Waals surface area contributed by atoms with Crippen LogP contribution in [0.15, 0.2) is 49.1 Å². The Morgan fingerprint density at radius 3 is 2.65 bits per heavy atom. The summed E-state index contributed by atoms with van der Waals surface area (Å²) in [7, 11) is 0. The molecule has 6 heteroatoms. The van der Waals surface area contributed by atoms with Crippen LogP contribution >= 0.6 is 0 Å². The third kappa shape index (κ3) is 4.60. The van der Waals surface area contributed by atoms with Crippen LogP contribution in [0.1, 0.15) is 37.7 Å². The van der Waals surface area contributed by atoms with Crippen LogP contribution in [0.2, 0.25) is 0 Å². The molecule has 0 atom stereocenters. The third-order valence-corrected chi connectivity index (χ3v) is 6.90. The highest BCUT2D eigenvalue weighted by atomic mass is 16.5. The van der Waals surface area contributed by atoms with Crippen molar-refractivity contribution < 1.29 is 9.47 Å². The summed E-state index contributed by atoms with van der Waals surface area (Å²) in [5.74, 6) is 0.964. The van der Waals surface area contributed by atoms with Crippen molar-refractivity contribution in [3.63, 3.8) is 0 Å². The molecule has 1 aromatic carbocycles. The lowest BCUT2D eigenvalue weighted by Gasteiger charge is -2.38. The van der Waals surface area contributed by atoms with Gasteiger partial charge in [0.2, 0.25) is 0 Å². The Kier molecular flexibility index (Phi) is 6.18. The quantitative estimate of drug-likeness (QED) is 0.515. The minimum Gasteiger partial charge on any atom is -0.494 e. The van der Waals surface area contributed by atoms with E-state index in [9.17, 15) is 0 Å². The molecule has 2 aliphatic heterocycles. The summed E-state index contributed by atoms with van der Waals surface area (Å²) in [5.41, 5.74) is 3.49. The van der Waals surface area contributed by atoms with E-state index < -0.39 is 0 Å². The lowest BCUT2D eigenvalue weighted by Crippen LogP contribution is -2.37. The van der Waals surface area contributed by atoms with E-state index in [1.165, 1.54) is 31.5 Å². The number of fused-ring (bicyclic) bond motifs is 1. The van der Waals surface area contributed by atoms with Crippen LogP contribution in [0.3, 0.4) is 0 Å². The fourth-order valence-electron chi connectivity index (χ4n) is 5.06. The average molecular weight is 421 g/mol. The summed E-state index contributed by atoms with van der Waals surface area (Å²) in [6, 6.07) is 10.8. The highest BCUT2D eigenvalue weighted by molar-refractivity contribution is 5.73. The van der Waals surface area contributed by atoms with Gasteiger partial charge in [0, 0.05) is 37.9 Å². The topological polar surface area (TPSA) is 52.4 Å². The predicted molar refractivity (Wildman–Crippen MR) is 121 cm³/mol. The van der Waals surface area contributed by atoms with Gasteiger partial charge in [-0.05, 0) is 69.0 Å². The second-order valence-corrected chi connectivity index (χ2v) is 8.90. The summed E-state index contributed by atoms with van der Waals surface area (Å²) in [4.78, 5) is 11.3. The number of benzene rings is 1. The first-order chi connectivity index (χ1) is 15.3. The molecule has 0 saturated carbocycles. The smallest absolute Gasteiger partial charge is 0.119 e. The fraction of sp³-hybridized carbons (Fsp3) is 0.520. The van der Waals surface area contributed by atoms with Gasteiger partial charge in [-0.3, -0.25) is 4.98 Å². The molecule has 4 heterocycles. The maximum atomic E-state index is 6.03. The lowest BCUT2D eigenvalue weighted by molar-refractivity contribution is 0.0438. The van der Waals surface area contributed by atoms with Crippen LogP contribution in [-0.2, 0) is 16.7 Å². The zero-order valence-electron chi connectivity index (χ0n) is 18.2. The molecule has 0 spiro atoms. The first-order valence-corrected chi connectivity index (χ1v) is 11.6. The monoisotopic (exact) mass is 420 g/mol. The number of nitrogens with zero attached hydrogens (tertiary/aromatic N) is 4. The van der Waals surface area contributed by atoms with Gasteiger partial charge in [0.25, 0.3) is 0 Å². The van der Waals surface area contributed by atoms with E-state index in [1.807, 2.05) is 18.7 Å². The van der Waals surface area contributed by atoms with E-state index in [4.69, 9.17) is 9.47 Å². The second kappa shape index (κ2) is 9.37. The molecule has 0 N–H and O–H groups in total. The van der Waals surface area contributed by atoms with E-state index in [-0.39, 0.29) is 5.41 Å². The highest BCUT2D eigenvalue weighted by Crippen LogP contribution is 2.38. The van der Waals surface area contributed by atoms with E-state index in [1.54, 1.807) is 0 Å². The van der Waals surface area contributed by atoms with Crippen LogP contribution in [0, 0.1) is 0 Å². The summed E-state index contributed by atoms with van der Waals surface area (Å²) >= 11 is 0. The van der Waals surface area contributed by atoms with Gasteiger partial charge < -0.3 is 18.9 Å². The van der Waals surface area contributed by atoms with Crippen molar-refractivity contribution in [3.05, 3.63) is 54.6 Å². The van der Waals surface area contributed by atoms with Gasteiger partial charge in [0.1, 0.15) is 11.3 Å². The zero-order chi connectivity index (χ0) is 20.9. The second-order valence-electron chi connectivity index (χ2n) is 8.90. The van der Waals surface area contributed by atoms with Crippen molar-refractivity contribution in [1.29, 1.82) is 0 Å². The van der Waals surface area contributed by atoms with Crippen molar-refractivity contribution in [2.45, 2.75) is 44.1 Å². The zero-order valence-corrected chi connectivity index (χ0v) is 18.2. The van der Waals surface area contributed by atoms with Crippen molar-refractivity contribution in [2.75, 3.05) is 39.5 Å². The van der Waals surface area contributed by atoms with Gasteiger partial charge in [-0.2, -0.15) is 0 Å². The largest absolute Gasteiger partial charge is 0.494 e. The molecule has 0 bridgehead atoms. The number of ether oxygens (including phenoxy) is 2. The molecular formula is C25H32N4O2. The number of pyridine rings is 1. The average Bonchev–Trinajstić information content (AvgIpc) is 3.48. The number of rotatable bonds is 8. The molecule has 0 unspecified atom stereocenters. The van der Waals surface area contributed by atoms with E-state index in [0.29, 0.717) is 0 Å². The summed E-state index contributed by atoms with van der Waals surface area (Å²) in [6.45, 7) is 6.92. The van der Waals surface area contributed by atoms with Gasteiger partial charge in [0.15, 0.2) is 0 Å². The molecule has 31 heavy (non-hydrogen) atoms. The Labute approximate surface area is 184 Å². The van der Waals surface area contributed by atoms with Crippen molar-refractivity contribution in [2.24, 2.45) is 0 Å². The standard InChI is InChI=1S/C25H32N4O2/c1-2-13-28(12-1)14-3-15-31-22-6-4-21(5-7-22)25(9-16-30-17-10-25)19-29-20-27-23-18-26-11-8-24(23)29/h4-8,11,18,20H,1-3,9-10,12-17,19H2. The van der Waals surface area contributed by atoms with Crippen LogP contribution in [0.25, 0.3) is 11.0 Å². The molecule has 0 amide bonds. The van der Waals surface area contributed by atoms with E-state index in [2.05, 4.69) is 49.8 Å². The first kappa shape index (κ1) is 20.5. The maximum absolute atomic E-state index is 6.03. The summed E-state index contributed by atoms with van der Waals surface area (Å²) < 4.78 is 14.0. The van der Waals surface area contributed by atoms with Crippen LogP contribution in [0.4, 0.5) is 0 Å². The molecule has 6 nitrogen and oxygen atoms in total. The summed E-state index contributed by atoms with van der Waals surface area (Å²) in [6.07, 6.45) is 11.4. The number of aromatic nitrogens is 3. The van der Waals surface area contributed by atoms with Crippen LogP contribution in [0.5, 0.6) is 5.75 Å². The molecule has 3 aromatic rings. The summed E-state index contributed by atoms with van der Waals surface area (Å²) in [5, 5.41) is 0. The van der Waals surface area contributed by atoms with E-state index >= 15 is 0 Å². The molecule has 5 rings (SSSR count). The number of hydrogen-bond acceptors (Lipinski definition) is 5. The molecule has 2 saturated heterocycles. The highest BCUT2D eigenvalue weighted by Gasteiger charge is 2.35. The minimum atomic E-state index is 0.0451. The Morgan fingerprint density at radius 1 is 1.03 bits per heavy atom. The van der Waals surface area contributed by atoms with Gasteiger partial charge in [-0.1, -0.05) is 12.1 Å². The SMILES string of the molecule is c1cc2c(cn1)ncn2CC1(c2ccc(OCCCN3CCCC3)cc2)CCOCC1. The fourth-order valence-corrected chi connectivity index (χ4v) is 5.06. The van der Waals surface area contributed by atoms with E-state index in [0.717, 1.165) is 69.0 Å². The Bertz CT molecular complexity index is 973. The Morgan fingerprint density at radius 2 is 1.84 bits per heavy atom. The van der Waals surface area contributed by atoms with Gasteiger partial charge in [0.05, 0.1) is 24.6 Å². The molecule has 164 valence electrons. The molecular weight excluding hydrogens is 388 g/mol. The van der Waals surface area contributed by atoms with Gasteiger partial charge in [-0.15, -0.1) is 0 Å². The van der Waals surface area contributed by atoms with Crippen LogP contribution < -0.4 is 4.74 Å². The predicted octanol–water partition coefficient (Wildman–Crippen LogP) is 4.04. The molecule has 2 fully saturated rings. The van der Waals surface area contributed by atoms with Gasteiger partial charge >= 0.3 is 0 Å². The third-order valence-electron chi connectivity index (χ3n) is 6.90. The normalized spacial score (nSPS) is 19.1. The van der Waals surface area contributed by atoms with Crippen molar-refractivity contribution in [1.82, 2.24) is 19.4 Å². The number of likely N-dealkylation sites (tertiary alicyclic amines) is 1. The van der Waals surface area contributed by atoms with Crippen molar-refractivity contribution >= 4 is 11.0 Å². The maximum Gasteiger partial charge on any atom is 0.119 e. The van der Waals surface area contributed by atoms with Crippen molar-refractivity contribution in [3.8, 4) is 5.75 Å². The minimum absolute atomic E-state index is 0.0451. The van der Waals surface area contributed by atoms with Gasteiger partial charge in [-0.25, -0.2) is 4.98 Å². The first-order valence-electron chi connectivity index (χ1n) is 11.6. The Balaban J connectivity index is 1.27. The Hall–Kier alpha value is -2.44. The number of hydrogen-bond donors (Lipinski definition) is 0. The molecule has 2 aromatic heterocycles. The molecule has 2 aliphatic rings. The number of imidazole rings is 1. The van der Waals surface area contributed by atoms with Crippen LogP contribution in [-0.4, -0.2) is 58.9 Å². The molecule has 0 radical (unpaired) electrons. The molecule has 0 aliphatic carbocycles. The lowest BCUT2D eigenvalue weighted by atomic mass is 9.74.